The molecule has 0 aliphatic heterocycles. The summed E-state index contributed by atoms with van der Waals surface area (Å²) in [6.45, 7) is 0. The topological polar surface area (TPSA) is 15.6 Å². The quantitative estimate of drug-likeness (QED) is 0.429. The van der Waals surface area contributed by atoms with Crippen molar-refractivity contribution in [3.8, 4) is 11.8 Å². The third-order valence-corrected chi connectivity index (χ3v) is 2.51. The molecule has 94 valence electrons. The summed E-state index contributed by atoms with van der Waals surface area (Å²) in [5.74, 6) is 6.98. The van der Waals surface area contributed by atoms with E-state index in [0.29, 0.717) is 0 Å². The van der Waals surface area contributed by atoms with E-state index in [1.807, 2.05) is 79.7 Å². The lowest BCUT2D eigenvalue weighted by Gasteiger charge is -2.09. The number of rotatable bonds is 1. The van der Waals surface area contributed by atoms with E-state index < -0.39 is 0 Å². The largest absolute Gasteiger partial charge is 0.356 e. The number of benzene rings is 2. The fourth-order valence-electron chi connectivity index (χ4n) is 1.51. The van der Waals surface area contributed by atoms with Crippen molar-refractivity contribution in [2.24, 2.45) is 4.99 Å². The van der Waals surface area contributed by atoms with Gasteiger partial charge in [0.2, 0.25) is 0 Å². The van der Waals surface area contributed by atoms with Gasteiger partial charge in [0.05, 0.1) is 5.69 Å². The smallest absolute Gasteiger partial charge is 0.181 e. The predicted molar refractivity (Wildman–Crippen MR) is 80.5 cm³/mol. The van der Waals surface area contributed by atoms with E-state index in [4.69, 9.17) is 0 Å². The minimum atomic E-state index is 0.745. The van der Waals surface area contributed by atoms with Crippen molar-refractivity contribution in [1.82, 2.24) is 4.90 Å². The number of nitrogens with zero attached hydrogens (tertiary/aromatic N) is 2. The average Bonchev–Trinajstić information content (AvgIpc) is 2.45. The first-order chi connectivity index (χ1) is 9.25. The molecule has 2 rings (SSSR count). The second-order valence-corrected chi connectivity index (χ2v) is 4.28. The van der Waals surface area contributed by atoms with Crippen LogP contribution in [0.15, 0.2) is 65.7 Å². The molecule has 0 aliphatic carbocycles. The van der Waals surface area contributed by atoms with Crippen molar-refractivity contribution in [2.75, 3.05) is 14.1 Å². The highest BCUT2D eigenvalue weighted by molar-refractivity contribution is 6.00. The molecule has 0 saturated heterocycles. The van der Waals surface area contributed by atoms with Crippen LogP contribution in [0, 0.1) is 11.8 Å². The molecule has 0 aliphatic rings. The van der Waals surface area contributed by atoms with Crippen LogP contribution in [0.1, 0.15) is 5.56 Å². The van der Waals surface area contributed by atoms with Crippen molar-refractivity contribution in [1.29, 1.82) is 0 Å². The van der Waals surface area contributed by atoms with Crippen LogP contribution in [0.4, 0.5) is 5.69 Å². The number of amidine groups is 1. The lowest BCUT2D eigenvalue weighted by Crippen LogP contribution is -2.19. The van der Waals surface area contributed by atoms with Crippen LogP contribution in [0.3, 0.4) is 0 Å². The maximum absolute atomic E-state index is 4.54. The predicted octanol–water partition coefficient (Wildman–Crippen LogP) is 3.33. The van der Waals surface area contributed by atoms with Crippen molar-refractivity contribution in [3.05, 3.63) is 66.2 Å². The third kappa shape index (κ3) is 4.01. The molecule has 0 N–H and O–H groups in total. The molecule has 0 aromatic heterocycles. The van der Waals surface area contributed by atoms with Gasteiger partial charge in [-0.2, -0.15) is 0 Å². The van der Waals surface area contributed by atoms with E-state index in [-0.39, 0.29) is 0 Å². The molecular formula is C17H16N2. The highest BCUT2D eigenvalue weighted by Crippen LogP contribution is 2.10. The first-order valence-corrected chi connectivity index (χ1v) is 6.14. The van der Waals surface area contributed by atoms with Crippen molar-refractivity contribution in [3.63, 3.8) is 0 Å². The van der Waals surface area contributed by atoms with E-state index in [2.05, 4.69) is 16.8 Å². The van der Waals surface area contributed by atoms with Gasteiger partial charge >= 0.3 is 0 Å². The summed E-state index contributed by atoms with van der Waals surface area (Å²) >= 11 is 0. The summed E-state index contributed by atoms with van der Waals surface area (Å²) in [4.78, 5) is 6.46. The second-order valence-electron chi connectivity index (χ2n) is 4.28. The van der Waals surface area contributed by atoms with E-state index in [1.165, 1.54) is 0 Å². The van der Waals surface area contributed by atoms with Gasteiger partial charge < -0.3 is 4.90 Å². The Kier molecular flexibility index (Phi) is 4.36. The van der Waals surface area contributed by atoms with Gasteiger partial charge in [-0.1, -0.05) is 42.3 Å². The van der Waals surface area contributed by atoms with Crippen LogP contribution >= 0.6 is 0 Å². The standard InChI is InChI=1S/C17H16N2/c1-19(2)17(18-16-11-7-4-8-12-16)14-13-15-9-5-3-6-10-15/h3-12H,1-2H3. The van der Waals surface area contributed by atoms with Crippen LogP contribution in [-0.2, 0) is 0 Å². The molecule has 0 amide bonds. The Morgan fingerprint density at radius 2 is 1.47 bits per heavy atom. The Labute approximate surface area is 114 Å². The Balaban J connectivity index is 2.28. The highest BCUT2D eigenvalue weighted by atomic mass is 15.1. The van der Waals surface area contributed by atoms with Crippen LogP contribution in [0.5, 0.6) is 0 Å². The summed E-state index contributed by atoms with van der Waals surface area (Å²) in [7, 11) is 3.89. The van der Waals surface area contributed by atoms with Crippen molar-refractivity contribution in [2.45, 2.75) is 0 Å². The summed E-state index contributed by atoms with van der Waals surface area (Å²) < 4.78 is 0. The molecule has 19 heavy (non-hydrogen) atoms. The van der Waals surface area contributed by atoms with Gasteiger partial charge in [-0.05, 0) is 30.2 Å². The Hall–Kier alpha value is -2.53. The molecule has 0 bridgehead atoms. The van der Waals surface area contributed by atoms with Gasteiger partial charge in [-0.3, -0.25) is 0 Å². The monoisotopic (exact) mass is 248 g/mol. The first kappa shape index (κ1) is 12.9. The number of aliphatic imine (C=N–C) groups is 1. The van der Waals surface area contributed by atoms with Gasteiger partial charge in [-0.15, -0.1) is 0 Å². The molecular weight excluding hydrogens is 232 g/mol. The van der Waals surface area contributed by atoms with Crippen LogP contribution in [0.2, 0.25) is 0 Å². The molecule has 0 radical (unpaired) electrons. The van der Waals surface area contributed by atoms with Gasteiger partial charge in [0.15, 0.2) is 5.84 Å². The summed E-state index contributed by atoms with van der Waals surface area (Å²) in [5.41, 5.74) is 1.90. The van der Waals surface area contributed by atoms with Crippen LogP contribution in [0.25, 0.3) is 0 Å². The molecule has 2 aromatic carbocycles. The van der Waals surface area contributed by atoms with Gasteiger partial charge in [-0.25, -0.2) is 4.99 Å². The van der Waals surface area contributed by atoms with Gasteiger partial charge in [0, 0.05) is 19.7 Å². The van der Waals surface area contributed by atoms with E-state index in [1.54, 1.807) is 0 Å². The Morgan fingerprint density at radius 1 is 0.895 bits per heavy atom. The zero-order valence-electron chi connectivity index (χ0n) is 11.2. The Bertz CT molecular complexity index is 602. The number of hydrogen-bond acceptors (Lipinski definition) is 1. The molecule has 0 unspecified atom stereocenters. The van der Waals surface area contributed by atoms with Crippen molar-refractivity contribution >= 4 is 11.5 Å². The molecule has 2 heteroatoms. The molecule has 0 heterocycles. The van der Waals surface area contributed by atoms with E-state index >= 15 is 0 Å². The molecule has 0 saturated carbocycles. The summed E-state index contributed by atoms with van der Waals surface area (Å²) in [6, 6.07) is 19.8. The zero-order chi connectivity index (χ0) is 13.5. The SMILES string of the molecule is CN(C)C(C#Cc1ccccc1)=Nc1ccccc1. The fraction of sp³-hybridized carbons (Fsp3) is 0.118. The Morgan fingerprint density at radius 3 is 2.05 bits per heavy atom. The van der Waals surface area contributed by atoms with Crippen LogP contribution in [-0.4, -0.2) is 24.8 Å². The van der Waals surface area contributed by atoms with Crippen molar-refractivity contribution < 1.29 is 0 Å². The molecule has 0 atom stereocenters. The normalized spacial score (nSPS) is 10.5. The molecule has 2 aromatic rings. The highest BCUT2D eigenvalue weighted by Gasteiger charge is 1.97. The van der Waals surface area contributed by atoms with E-state index in [0.717, 1.165) is 17.1 Å². The zero-order valence-corrected chi connectivity index (χ0v) is 11.2. The number of hydrogen-bond donors (Lipinski definition) is 0. The maximum atomic E-state index is 4.54. The average molecular weight is 248 g/mol. The number of para-hydroxylation sites is 1. The third-order valence-electron chi connectivity index (χ3n) is 2.51. The minimum absolute atomic E-state index is 0.745. The lowest BCUT2D eigenvalue weighted by atomic mass is 10.2. The summed E-state index contributed by atoms with van der Waals surface area (Å²) in [5, 5.41) is 0. The maximum Gasteiger partial charge on any atom is 0.181 e. The molecule has 0 fully saturated rings. The van der Waals surface area contributed by atoms with Crippen LogP contribution < -0.4 is 0 Å². The minimum Gasteiger partial charge on any atom is -0.356 e. The second kappa shape index (κ2) is 6.42. The van der Waals surface area contributed by atoms with E-state index in [9.17, 15) is 0 Å². The molecule has 0 spiro atoms. The fourth-order valence-corrected chi connectivity index (χ4v) is 1.51. The first-order valence-electron chi connectivity index (χ1n) is 6.14. The lowest BCUT2D eigenvalue weighted by molar-refractivity contribution is 0.629. The van der Waals surface area contributed by atoms with Gasteiger partial charge in [0.1, 0.15) is 0 Å². The molecule has 2 nitrogen and oxygen atoms in total. The summed E-state index contributed by atoms with van der Waals surface area (Å²) in [6.07, 6.45) is 0. The van der Waals surface area contributed by atoms with Gasteiger partial charge in [0.25, 0.3) is 0 Å².